The third-order valence-electron chi connectivity index (χ3n) is 4.96. The van der Waals surface area contributed by atoms with Gasteiger partial charge in [-0.15, -0.1) is 0 Å². The predicted molar refractivity (Wildman–Crippen MR) is 128 cm³/mol. The minimum absolute atomic E-state index is 0.224. The molecule has 0 aliphatic rings. The second-order valence-electron chi connectivity index (χ2n) is 7.57. The smallest absolute Gasteiger partial charge is 0.259 e. The number of para-hydroxylation sites is 1. The van der Waals surface area contributed by atoms with Crippen LogP contribution < -0.4 is 10.7 Å². The summed E-state index contributed by atoms with van der Waals surface area (Å²) >= 11 is 0. The molecule has 0 saturated heterocycles. The summed E-state index contributed by atoms with van der Waals surface area (Å²) in [6.45, 7) is 1.66. The molecule has 0 bridgehead atoms. The summed E-state index contributed by atoms with van der Waals surface area (Å²) < 4.78 is 15.1. The maximum Gasteiger partial charge on any atom is 0.259 e. The molecule has 2 amide bonds. The Morgan fingerprint density at radius 1 is 1.03 bits per heavy atom. The second kappa shape index (κ2) is 10.4. The van der Waals surface area contributed by atoms with Crippen LogP contribution in [0, 0.1) is 12.7 Å². The van der Waals surface area contributed by atoms with Gasteiger partial charge in [0, 0.05) is 22.9 Å². The van der Waals surface area contributed by atoms with Gasteiger partial charge in [-0.1, -0.05) is 35.9 Å². The number of halogens is 1. The summed E-state index contributed by atoms with van der Waals surface area (Å²) in [6.07, 6.45) is 3.23. The van der Waals surface area contributed by atoms with Crippen molar-refractivity contribution in [1.82, 2.24) is 20.5 Å². The van der Waals surface area contributed by atoms with Gasteiger partial charge in [-0.05, 0) is 55.5 Å². The zero-order valence-corrected chi connectivity index (χ0v) is 18.4. The minimum atomic E-state index is -0.476. The lowest BCUT2D eigenvalue weighted by molar-refractivity contribution is -0.120. The molecule has 0 radical (unpaired) electrons. The molecule has 170 valence electrons. The average Bonchev–Trinajstić information content (AvgIpc) is 3.27. The molecule has 1 heterocycles. The van der Waals surface area contributed by atoms with Crippen LogP contribution >= 0.6 is 0 Å². The molecule has 0 aliphatic carbocycles. The fourth-order valence-corrected chi connectivity index (χ4v) is 3.29. The van der Waals surface area contributed by atoms with E-state index in [-0.39, 0.29) is 18.3 Å². The lowest BCUT2D eigenvalue weighted by atomic mass is 10.1. The standard InChI is InChI=1S/C26H22FN5O2/c1-18-6-5-7-20(14-18)26(34)28-16-24(33)30-29-15-21-17-32(23-8-3-2-4-9-23)31-25(21)19-10-12-22(27)13-11-19/h2-15,17H,16H2,1H3,(H,28,34)(H,30,33)/b29-15+. The molecule has 4 rings (SSSR count). The van der Waals surface area contributed by atoms with Gasteiger partial charge in [-0.25, -0.2) is 14.5 Å². The summed E-state index contributed by atoms with van der Waals surface area (Å²) in [6, 6.07) is 22.6. The number of benzene rings is 3. The van der Waals surface area contributed by atoms with Gasteiger partial charge < -0.3 is 5.32 Å². The highest BCUT2D eigenvalue weighted by Gasteiger charge is 2.12. The number of hydrogen-bond acceptors (Lipinski definition) is 4. The van der Waals surface area contributed by atoms with Crippen molar-refractivity contribution in [2.75, 3.05) is 6.54 Å². The van der Waals surface area contributed by atoms with Crippen molar-refractivity contribution >= 4 is 18.0 Å². The molecule has 0 saturated carbocycles. The van der Waals surface area contributed by atoms with E-state index in [4.69, 9.17) is 0 Å². The van der Waals surface area contributed by atoms with E-state index >= 15 is 0 Å². The van der Waals surface area contributed by atoms with Crippen molar-refractivity contribution in [2.45, 2.75) is 6.92 Å². The number of aryl methyl sites for hydroxylation is 1. The maximum atomic E-state index is 13.4. The predicted octanol–water partition coefficient (Wildman–Crippen LogP) is 3.87. The van der Waals surface area contributed by atoms with Crippen molar-refractivity contribution in [3.63, 3.8) is 0 Å². The third kappa shape index (κ3) is 5.60. The van der Waals surface area contributed by atoms with Crippen LogP contribution in [0.3, 0.4) is 0 Å². The molecule has 0 spiro atoms. The summed E-state index contributed by atoms with van der Waals surface area (Å²) in [5, 5.41) is 11.2. The fourth-order valence-electron chi connectivity index (χ4n) is 3.29. The number of nitrogens with zero attached hydrogens (tertiary/aromatic N) is 3. The first-order valence-corrected chi connectivity index (χ1v) is 10.6. The Morgan fingerprint density at radius 2 is 1.79 bits per heavy atom. The second-order valence-corrected chi connectivity index (χ2v) is 7.57. The van der Waals surface area contributed by atoms with Gasteiger partial charge in [0.25, 0.3) is 11.8 Å². The molecule has 8 heteroatoms. The number of aromatic nitrogens is 2. The Hall–Kier alpha value is -4.59. The van der Waals surface area contributed by atoms with Gasteiger partial charge in [-0.2, -0.15) is 10.2 Å². The van der Waals surface area contributed by atoms with Crippen LogP contribution in [0.25, 0.3) is 16.9 Å². The van der Waals surface area contributed by atoms with Gasteiger partial charge >= 0.3 is 0 Å². The first-order valence-electron chi connectivity index (χ1n) is 10.6. The van der Waals surface area contributed by atoms with Crippen molar-refractivity contribution in [2.24, 2.45) is 5.10 Å². The average molecular weight is 455 g/mol. The Bertz CT molecular complexity index is 1330. The number of hydrogen-bond donors (Lipinski definition) is 2. The van der Waals surface area contributed by atoms with Crippen molar-refractivity contribution in [3.05, 3.63) is 108 Å². The van der Waals surface area contributed by atoms with E-state index in [0.717, 1.165) is 11.3 Å². The van der Waals surface area contributed by atoms with Gasteiger partial charge in [0.1, 0.15) is 11.5 Å². The Morgan fingerprint density at radius 3 is 2.53 bits per heavy atom. The highest BCUT2D eigenvalue weighted by atomic mass is 19.1. The lowest BCUT2D eigenvalue weighted by Gasteiger charge is -2.05. The van der Waals surface area contributed by atoms with E-state index in [1.807, 2.05) is 43.3 Å². The molecular weight excluding hydrogens is 433 g/mol. The Balaban J connectivity index is 1.46. The molecule has 0 fully saturated rings. The SMILES string of the molecule is Cc1cccc(C(=O)NCC(=O)N/N=C/c2cn(-c3ccccc3)nc2-c2ccc(F)cc2)c1. The molecular formula is C26H22FN5O2. The monoisotopic (exact) mass is 455 g/mol. The van der Waals surface area contributed by atoms with Gasteiger partial charge in [0.2, 0.25) is 0 Å². The Labute approximate surface area is 195 Å². The lowest BCUT2D eigenvalue weighted by Crippen LogP contribution is -2.34. The quantitative estimate of drug-likeness (QED) is 0.328. The van der Waals surface area contributed by atoms with Gasteiger partial charge in [0.05, 0.1) is 18.4 Å². The number of hydrazone groups is 1. The fraction of sp³-hybridized carbons (Fsp3) is 0.0769. The third-order valence-corrected chi connectivity index (χ3v) is 4.96. The molecule has 34 heavy (non-hydrogen) atoms. The van der Waals surface area contributed by atoms with Crippen LogP contribution in [0.1, 0.15) is 21.5 Å². The Kier molecular flexibility index (Phi) is 6.88. The molecule has 0 atom stereocenters. The van der Waals surface area contributed by atoms with Crippen LogP contribution in [0.2, 0.25) is 0 Å². The highest BCUT2D eigenvalue weighted by molar-refractivity contribution is 5.96. The maximum absolute atomic E-state index is 13.4. The largest absolute Gasteiger partial charge is 0.343 e. The number of nitrogens with one attached hydrogen (secondary N) is 2. The van der Waals surface area contributed by atoms with E-state index < -0.39 is 5.91 Å². The summed E-state index contributed by atoms with van der Waals surface area (Å²) in [5.74, 6) is -1.16. The first kappa shape index (κ1) is 22.6. The minimum Gasteiger partial charge on any atom is -0.343 e. The van der Waals surface area contributed by atoms with E-state index in [1.54, 1.807) is 41.2 Å². The number of carbonyl (C=O) groups excluding carboxylic acids is 2. The van der Waals surface area contributed by atoms with Crippen molar-refractivity contribution in [3.8, 4) is 16.9 Å². The van der Waals surface area contributed by atoms with Gasteiger partial charge in [-0.3, -0.25) is 9.59 Å². The van der Waals surface area contributed by atoms with Crippen LogP contribution in [0.5, 0.6) is 0 Å². The molecule has 4 aromatic rings. The van der Waals surface area contributed by atoms with Crippen LogP contribution in [-0.2, 0) is 4.79 Å². The van der Waals surface area contributed by atoms with Crippen molar-refractivity contribution in [1.29, 1.82) is 0 Å². The summed E-state index contributed by atoms with van der Waals surface area (Å²) in [5.41, 5.74) is 6.59. The zero-order chi connectivity index (χ0) is 23.9. The summed E-state index contributed by atoms with van der Waals surface area (Å²) in [4.78, 5) is 24.3. The molecule has 2 N–H and O–H groups in total. The molecule has 0 aliphatic heterocycles. The number of carbonyl (C=O) groups is 2. The molecule has 0 unspecified atom stereocenters. The van der Waals surface area contributed by atoms with Crippen LogP contribution in [-0.4, -0.2) is 34.4 Å². The van der Waals surface area contributed by atoms with Crippen LogP contribution in [0.4, 0.5) is 4.39 Å². The van der Waals surface area contributed by atoms with Gasteiger partial charge in [0.15, 0.2) is 0 Å². The zero-order valence-electron chi connectivity index (χ0n) is 18.4. The first-order chi connectivity index (χ1) is 16.5. The van der Waals surface area contributed by atoms with E-state index in [0.29, 0.717) is 22.4 Å². The molecule has 7 nitrogen and oxygen atoms in total. The molecule has 1 aromatic heterocycles. The van der Waals surface area contributed by atoms with Crippen LogP contribution in [0.15, 0.2) is 90.2 Å². The van der Waals surface area contributed by atoms with E-state index in [2.05, 4.69) is 20.9 Å². The molecule has 3 aromatic carbocycles. The van der Waals surface area contributed by atoms with E-state index in [1.165, 1.54) is 18.3 Å². The van der Waals surface area contributed by atoms with E-state index in [9.17, 15) is 14.0 Å². The number of amides is 2. The van der Waals surface area contributed by atoms with Crippen molar-refractivity contribution < 1.29 is 14.0 Å². The summed E-state index contributed by atoms with van der Waals surface area (Å²) in [7, 11) is 0. The number of rotatable bonds is 7. The topological polar surface area (TPSA) is 88.4 Å². The normalized spacial score (nSPS) is 10.9. The highest BCUT2D eigenvalue weighted by Crippen LogP contribution is 2.23.